The van der Waals surface area contributed by atoms with Gasteiger partial charge in [-0.1, -0.05) is 18.2 Å². The lowest BCUT2D eigenvalue weighted by atomic mass is 10.0. The van der Waals surface area contributed by atoms with Gasteiger partial charge < -0.3 is 28.8 Å². The zero-order valence-corrected chi connectivity index (χ0v) is 21.3. The molecule has 0 aliphatic carbocycles. The lowest BCUT2D eigenvalue weighted by Crippen LogP contribution is -2.29. The van der Waals surface area contributed by atoms with Crippen LogP contribution in [-0.4, -0.2) is 37.4 Å². The largest absolute Gasteiger partial charge is 0.497 e. The van der Waals surface area contributed by atoms with Crippen molar-refractivity contribution in [2.24, 2.45) is 0 Å². The van der Waals surface area contributed by atoms with E-state index in [2.05, 4.69) is 10.3 Å². The van der Waals surface area contributed by atoms with Crippen molar-refractivity contribution >= 4 is 29.0 Å². The number of rotatable bonds is 7. The molecule has 1 aliphatic heterocycles. The summed E-state index contributed by atoms with van der Waals surface area (Å²) in [4.78, 5) is 18.6. The molecule has 37 heavy (non-hydrogen) atoms. The van der Waals surface area contributed by atoms with E-state index in [0.29, 0.717) is 33.7 Å². The second kappa shape index (κ2) is 10.3. The summed E-state index contributed by atoms with van der Waals surface area (Å²) in [6.45, 7) is 0. The van der Waals surface area contributed by atoms with E-state index in [0.717, 1.165) is 16.9 Å². The molecule has 3 heterocycles. The van der Waals surface area contributed by atoms with E-state index in [1.807, 2.05) is 59.5 Å². The van der Waals surface area contributed by atoms with Gasteiger partial charge in [0.05, 0.1) is 44.3 Å². The molecule has 0 amide bonds. The fraction of sp³-hybridized carbons (Fsp3) is 0.179. The highest BCUT2D eigenvalue weighted by atomic mass is 32.1. The predicted octanol–water partition coefficient (Wildman–Crippen LogP) is 5.32. The Morgan fingerprint density at radius 2 is 1.86 bits per heavy atom. The Labute approximate surface area is 219 Å². The first-order valence-corrected chi connectivity index (χ1v) is 12.0. The number of hydrogen-bond acceptors (Lipinski definition) is 7. The molecule has 4 aromatic rings. The van der Waals surface area contributed by atoms with Crippen molar-refractivity contribution in [3.05, 3.63) is 96.0 Å². The number of esters is 1. The van der Waals surface area contributed by atoms with Gasteiger partial charge in [0, 0.05) is 17.8 Å². The monoisotopic (exact) mass is 515 g/mol. The number of methoxy groups -OCH3 is 3. The summed E-state index contributed by atoms with van der Waals surface area (Å²) in [6, 6.07) is 21.5. The molecule has 9 heteroatoms. The van der Waals surface area contributed by atoms with Gasteiger partial charge in [0.1, 0.15) is 29.1 Å². The van der Waals surface area contributed by atoms with Crippen molar-refractivity contribution in [3.63, 3.8) is 0 Å². The third-order valence-electron chi connectivity index (χ3n) is 6.23. The molecule has 188 valence electrons. The van der Waals surface area contributed by atoms with Crippen molar-refractivity contribution in [1.82, 2.24) is 10.3 Å². The van der Waals surface area contributed by atoms with Crippen LogP contribution in [0, 0.1) is 0 Å². The fourth-order valence-corrected chi connectivity index (χ4v) is 4.81. The van der Waals surface area contributed by atoms with E-state index in [1.165, 1.54) is 7.11 Å². The Bertz CT molecular complexity index is 1440. The third-order valence-corrected chi connectivity index (χ3v) is 6.54. The molecule has 2 aromatic heterocycles. The maximum absolute atomic E-state index is 12.0. The molecule has 0 radical (unpaired) electrons. The van der Waals surface area contributed by atoms with E-state index >= 15 is 0 Å². The quantitative estimate of drug-likeness (QED) is 0.259. The van der Waals surface area contributed by atoms with E-state index in [1.54, 1.807) is 38.6 Å². The summed E-state index contributed by atoms with van der Waals surface area (Å²) >= 11 is 5.82. The lowest BCUT2D eigenvalue weighted by Gasteiger charge is -2.27. The number of nitrogens with zero attached hydrogens (tertiary/aromatic N) is 2. The van der Waals surface area contributed by atoms with Gasteiger partial charge in [-0.15, -0.1) is 0 Å². The highest BCUT2D eigenvalue weighted by Gasteiger charge is 2.43. The van der Waals surface area contributed by atoms with Crippen LogP contribution in [0.1, 0.15) is 33.9 Å². The first-order chi connectivity index (χ1) is 18.0. The maximum atomic E-state index is 12.0. The van der Waals surface area contributed by atoms with Crippen molar-refractivity contribution < 1.29 is 23.4 Å². The van der Waals surface area contributed by atoms with Crippen LogP contribution >= 0.6 is 12.2 Å². The van der Waals surface area contributed by atoms with Crippen LogP contribution in [0.2, 0.25) is 0 Å². The predicted molar refractivity (Wildman–Crippen MR) is 143 cm³/mol. The number of furan rings is 1. The van der Waals surface area contributed by atoms with Crippen LogP contribution in [0.3, 0.4) is 0 Å². The van der Waals surface area contributed by atoms with Gasteiger partial charge in [-0.05, 0) is 60.7 Å². The molecule has 1 N–H and O–H groups in total. The number of thiocarbonyl (C=S) groups is 1. The molecule has 5 rings (SSSR count). The van der Waals surface area contributed by atoms with Gasteiger partial charge in [0.2, 0.25) is 0 Å². The Morgan fingerprint density at radius 1 is 1.00 bits per heavy atom. The summed E-state index contributed by atoms with van der Waals surface area (Å²) in [7, 11) is 4.58. The lowest BCUT2D eigenvalue weighted by molar-refractivity contribution is 0.0601. The Hall–Kier alpha value is -4.37. The smallest absolute Gasteiger partial charge is 0.337 e. The summed E-state index contributed by atoms with van der Waals surface area (Å²) in [5.74, 6) is 2.15. The first-order valence-electron chi connectivity index (χ1n) is 11.5. The SMILES string of the molecule is COC(=O)c1cccc(-c2ccc([C@H]3[C@@H](c4ccccn4)NC(=S)N3c3cc(OC)ccc3OC)o2)c1. The zero-order chi connectivity index (χ0) is 25.9. The Morgan fingerprint density at radius 3 is 2.59 bits per heavy atom. The minimum atomic E-state index is -0.412. The van der Waals surface area contributed by atoms with Gasteiger partial charge in [-0.25, -0.2) is 4.79 Å². The summed E-state index contributed by atoms with van der Waals surface area (Å²) in [5, 5.41) is 3.91. The van der Waals surface area contributed by atoms with E-state index in [4.69, 9.17) is 30.8 Å². The Balaban J connectivity index is 1.62. The standard InChI is InChI=1S/C28H25N3O5S/c1-33-19-10-11-23(34-2)21(16-19)31-26(25(30-28(31)37)20-9-4-5-14-29-20)24-13-12-22(36-24)17-7-6-8-18(15-17)27(32)35-3/h4-16,25-26H,1-3H3,(H,30,37)/t25-,26+/m1/s1. The average Bonchev–Trinajstić information content (AvgIpc) is 3.57. The molecule has 2 atom stereocenters. The third kappa shape index (κ3) is 4.61. The van der Waals surface area contributed by atoms with Crippen LogP contribution in [0.5, 0.6) is 11.5 Å². The van der Waals surface area contributed by atoms with Crippen LogP contribution in [0.15, 0.2) is 83.4 Å². The molecule has 0 bridgehead atoms. The van der Waals surface area contributed by atoms with Crippen molar-refractivity contribution in [1.29, 1.82) is 0 Å². The molecule has 2 aromatic carbocycles. The highest BCUT2D eigenvalue weighted by Crippen LogP contribution is 2.46. The zero-order valence-electron chi connectivity index (χ0n) is 20.5. The van der Waals surface area contributed by atoms with E-state index in [9.17, 15) is 4.79 Å². The van der Waals surface area contributed by atoms with Gasteiger partial charge >= 0.3 is 5.97 Å². The molecule has 0 spiro atoms. The van der Waals surface area contributed by atoms with E-state index < -0.39 is 5.97 Å². The van der Waals surface area contributed by atoms with Gasteiger partial charge in [0.15, 0.2) is 5.11 Å². The number of carbonyl (C=O) groups is 1. The minimum absolute atomic E-state index is 0.301. The van der Waals surface area contributed by atoms with E-state index in [-0.39, 0.29) is 12.1 Å². The topological polar surface area (TPSA) is 86.1 Å². The van der Waals surface area contributed by atoms with Crippen LogP contribution in [0.4, 0.5) is 5.69 Å². The first kappa shape index (κ1) is 24.3. The maximum Gasteiger partial charge on any atom is 0.337 e. The van der Waals surface area contributed by atoms with Crippen LogP contribution in [-0.2, 0) is 4.74 Å². The van der Waals surface area contributed by atoms with Crippen molar-refractivity contribution in [2.75, 3.05) is 26.2 Å². The van der Waals surface area contributed by atoms with Gasteiger partial charge in [0.25, 0.3) is 0 Å². The fourth-order valence-electron chi connectivity index (χ4n) is 4.47. The normalized spacial score (nSPS) is 16.8. The van der Waals surface area contributed by atoms with Gasteiger partial charge in [-0.2, -0.15) is 0 Å². The number of hydrogen-bond donors (Lipinski definition) is 1. The number of anilines is 1. The number of carbonyl (C=O) groups excluding carboxylic acids is 1. The van der Waals surface area contributed by atoms with Crippen molar-refractivity contribution in [2.45, 2.75) is 12.1 Å². The number of benzene rings is 2. The summed E-state index contributed by atoms with van der Waals surface area (Å²) in [5.41, 5.74) is 2.73. The Kier molecular flexibility index (Phi) is 6.78. The number of pyridine rings is 1. The second-order valence-corrected chi connectivity index (χ2v) is 8.70. The molecule has 8 nitrogen and oxygen atoms in total. The number of nitrogens with one attached hydrogen (secondary N) is 1. The van der Waals surface area contributed by atoms with Crippen molar-refractivity contribution in [3.8, 4) is 22.8 Å². The average molecular weight is 516 g/mol. The molecule has 0 saturated carbocycles. The molecular weight excluding hydrogens is 490 g/mol. The minimum Gasteiger partial charge on any atom is -0.497 e. The number of ether oxygens (including phenoxy) is 3. The molecule has 1 aliphatic rings. The molecule has 1 saturated heterocycles. The highest BCUT2D eigenvalue weighted by molar-refractivity contribution is 7.80. The second-order valence-electron chi connectivity index (χ2n) is 8.31. The summed E-state index contributed by atoms with van der Waals surface area (Å²) in [6.07, 6.45) is 1.75. The molecular formula is C28H25N3O5S. The van der Waals surface area contributed by atoms with Crippen LogP contribution < -0.4 is 19.7 Å². The molecule has 0 unspecified atom stereocenters. The van der Waals surface area contributed by atoms with Gasteiger partial charge in [-0.3, -0.25) is 4.98 Å². The summed E-state index contributed by atoms with van der Waals surface area (Å²) < 4.78 is 22.4. The number of aromatic nitrogens is 1. The molecule has 1 fully saturated rings. The van der Waals surface area contributed by atoms with Crippen LogP contribution in [0.25, 0.3) is 11.3 Å².